The van der Waals surface area contributed by atoms with E-state index >= 15 is 0 Å². The van der Waals surface area contributed by atoms with E-state index in [-0.39, 0.29) is 5.54 Å². The van der Waals surface area contributed by atoms with Gasteiger partial charge in [-0.2, -0.15) is 5.10 Å². The van der Waals surface area contributed by atoms with E-state index in [4.69, 9.17) is 0 Å². The number of nitrogens with zero attached hydrogens (tertiary/aromatic N) is 2. The van der Waals surface area contributed by atoms with E-state index in [2.05, 4.69) is 55.5 Å². The van der Waals surface area contributed by atoms with Crippen molar-refractivity contribution < 1.29 is 0 Å². The van der Waals surface area contributed by atoms with E-state index in [1.165, 1.54) is 15.4 Å². The van der Waals surface area contributed by atoms with Gasteiger partial charge in [-0.05, 0) is 38.5 Å². The van der Waals surface area contributed by atoms with Crippen molar-refractivity contribution in [3.8, 4) is 0 Å². The number of nitrogens with one attached hydrogen (secondary N) is 1. The molecule has 102 valence electrons. The first-order valence-electron chi connectivity index (χ1n) is 6.43. The van der Waals surface area contributed by atoms with Gasteiger partial charge in [-0.25, -0.2) is 0 Å². The maximum absolute atomic E-state index is 4.17. The molecule has 0 amide bonds. The highest BCUT2D eigenvalue weighted by molar-refractivity contribution is 7.99. The van der Waals surface area contributed by atoms with Crippen LogP contribution in [0.2, 0.25) is 0 Å². The Kier molecular flexibility index (Phi) is 4.32. The molecule has 0 aliphatic rings. The zero-order chi connectivity index (χ0) is 13.9. The van der Waals surface area contributed by atoms with E-state index in [1.54, 1.807) is 11.8 Å². The van der Waals surface area contributed by atoms with Crippen LogP contribution < -0.4 is 5.32 Å². The molecule has 0 saturated carbocycles. The van der Waals surface area contributed by atoms with Gasteiger partial charge in [-0.15, -0.1) is 0 Å². The molecule has 0 saturated heterocycles. The number of aryl methyl sites for hydroxylation is 1. The van der Waals surface area contributed by atoms with Crippen LogP contribution in [0.25, 0.3) is 0 Å². The van der Waals surface area contributed by atoms with Gasteiger partial charge in [0.1, 0.15) is 0 Å². The molecule has 0 atom stereocenters. The summed E-state index contributed by atoms with van der Waals surface area (Å²) >= 11 is 1.74. The summed E-state index contributed by atoms with van der Waals surface area (Å²) in [5.41, 5.74) is 1.47. The third-order valence-corrected chi connectivity index (χ3v) is 3.62. The first-order valence-corrected chi connectivity index (χ1v) is 7.24. The minimum atomic E-state index is 0.156. The summed E-state index contributed by atoms with van der Waals surface area (Å²) < 4.78 is 1.82. The van der Waals surface area contributed by atoms with Crippen LogP contribution in [0.1, 0.15) is 26.3 Å². The Balaban J connectivity index is 1.95. The van der Waals surface area contributed by atoms with Crippen molar-refractivity contribution >= 4 is 11.8 Å². The van der Waals surface area contributed by atoms with Gasteiger partial charge in [0, 0.05) is 30.2 Å². The quantitative estimate of drug-likeness (QED) is 0.926. The van der Waals surface area contributed by atoms with Crippen LogP contribution in [0.5, 0.6) is 0 Å². The summed E-state index contributed by atoms with van der Waals surface area (Å²) in [5, 5.41) is 7.66. The minimum Gasteiger partial charge on any atom is -0.308 e. The first kappa shape index (κ1) is 14.2. The molecule has 1 heterocycles. The highest BCUT2D eigenvalue weighted by Crippen LogP contribution is 2.27. The van der Waals surface area contributed by atoms with Crippen LogP contribution in [0.4, 0.5) is 0 Å². The third-order valence-electron chi connectivity index (χ3n) is 2.66. The molecule has 3 nitrogen and oxygen atoms in total. The molecular weight excluding hydrogens is 254 g/mol. The molecule has 0 bridgehead atoms. The lowest BCUT2D eigenvalue weighted by atomic mass is 10.1. The summed E-state index contributed by atoms with van der Waals surface area (Å²) in [7, 11) is 1.94. The molecule has 1 aromatic carbocycles. The standard InChI is InChI=1S/C15H21N3S/c1-15(2,3)16-9-12-5-7-13(8-6-12)19-14-10-17-18(4)11-14/h5-8,10-11,16H,9H2,1-4H3. The molecule has 0 aliphatic heterocycles. The largest absolute Gasteiger partial charge is 0.308 e. The Morgan fingerprint density at radius 3 is 2.37 bits per heavy atom. The van der Waals surface area contributed by atoms with Gasteiger partial charge in [0.05, 0.1) is 11.1 Å². The van der Waals surface area contributed by atoms with E-state index < -0.39 is 0 Å². The molecule has 19 heavy (non-hydrogen) atoms. The van der Waals surface area contributed by atoms with Crippen molar-refractivity contribution in [3.63, 3.8) is 0 Å². The first-order chi connectivity index (χ1) is 8.92. The van der Waals surface area contributed by atoms with Crippen LogP contribution in [0.15, 0.2) is 46.5 Å². The molecule has 1 N–H and O–H groups in total. The Morgan fingerprint density at radius 1 is 1.16 bits per heavy atom. The third kappa shape index (κ3) is 4.73. The Bertz CT molecular complexity index is 523. The molecule has 0 unspecified atom stereocenters. The van der Waals surface area contributed by atoms with Crippen molar-refractivity contribution in [3.05, 3.63) is 42.2 Å². The van der Waals surface area contributed by atoms with Crippen molar-refractivity contribution in [2.45, 2.75) is 42.6 Å². The van der Waals surface area contributed by atoms with E-state index in [1.807, 2.05) is 24.1 Å². The monoisotopic (exact) mass is 275 g/mol. The highest BCUT2D eigenvalue weighted by atomic mass is 32.2. The SMILES string of the molecule is Cn1cc(Sc2ccc(CNC(C)(C)C)cc2)cn1. The van der Waals surface area contributed by atoms with Crippen LogP contribution in [-0.4, -0.2) is 15.3 Å². The van der Waals surface area contributed by atoms with Gasteiger partial charge in [-0.3, -0.25) is 4.68 Å². The van der Waals surface area contributed by atoms with Crippen molar-refractivity contribution in [1.82, 2.24) is 15.1 Å². The Labute approximate surface area is 119 Å². The van der Waals surface area contributed by atoms with Crippen molar-refractivity contribution in [1.29, 1.82) is 0 Å². The predicted octanol–water partition coefficient (Wildman–Crippen LogP) is 3.46. The molecule has 2 aromatic rings. The zero-order valence-electron chi connectivity index (χ0n) is 12.0. The fourth-order valence-corrected chi connectivity index (χ4v) is 2.48. The number of aromatic nitrogens is 2. The topological polar surface area (TPSA) is 29.9 Å². The Morgan fingerprint density at radius 2 is 1.84 bits per heavy atom. The lowest BCUT2D eigenvalue weighted by molar-refractivity contribution is 0.424. The van der Waals surface area contributed by atoms with Gasteiger partial charge in [0.15, 0.2) is 0 Å². The summed E-state index contributed by atoms with van der Waals surface area (Å²) in [4.78, 5) is 2.41. The van der Waals surface area contributed by atoms with Gasteiger partial charge in [0.2, 0.25) is 0 Å². The molecule has 4 heteroatoms. The zero-order valence-corrected chi connectivity index (χ0v) is 12.8. The smallest absolute Gasteiger partial charge is 0.0629 e. The summed E-state index contributed by atoms with van der Waals surface area (Å²) in [6.45, 7) is 7.44. The van der Waals surface area contributed by atoms with E-state index in [0.29, 0.717) is 0 Å². The van der Waals surface area contributed by atoms with E-state index in [0.717, 1.165) is 6.54 Å². The average molecular weight is 275 g/mol. The van der Waals surface area contributed by atoms with Gasteiger partial charge >= 0.3 is 0 Å². The number of benzene rings is 1. The molecule has 1 aromatic heterocycles. The second kappa shape index (κ2) is 5.80. The molecule has 0 radical (unpaired) electrons. The van der Waals surface area contributed by atoms with Crippen molar-refractivity contribution in [2.75, 3.05) is 0 Å². The second-order valence-electron chi connectivity index (χ2n) is 5.70. The van der Waals surface area contributed by atoms with Crippen LogP contribution in [-0.2, 0) is 13.6 Å². The second-order valence-corrected chi connectivity index (χ2v) is 6.85. The fourth-order valence-electron chi connectivity index (χ4n) is 1.63. The summed E-state index contributed by atoms with van der Waals surface area (Å²) in [5.74, 6) is 0. The van der Waals surface area contributed by atoms with Crippen LogP contribution in [0, 0.1) is 0 Å². The van der Waals surface area contributed by atoms with Gasteiger partial charge in [0.25, 0.3) is 0 Å². The van der Waals surface area contributed by atoms with E-state index in [9.17, 15) is 0 Å². The maximum atomic E-state index is 4.17. The number of hydrogen-bond acceptors (Lipinski definition) is 3. The number of hydrogen-bond donors (Lipinski definition) is 1. The van der Waals surface area contributed by atoms with Gasteiger partial charge < -0.3 is 5.32 Å². The number of rotatable bonds is 4. The van der Waals surface area contributed by atoms with Crippen LogP contribution >= 0.6 is 11.8 Å². The van der Waals surface area contributed by atoms with Crippen LogP contribution in [0.3, 0.4) is 0 Å². The minimum absolute atomic E-state index is 0.156. The molecule has 0 spiro atoms. The molecule has 0 aliphatic carbocycles. The predicted molar refractivity (Wildman–Crippen MR) is 80.4 cm³/mol. The summed E-state index contributed by atoms with van der Waals surface area (Å²) in [6.07, 6.45) is 3.92. The maximum Gasteiger partial charge on any atom is 0.0629 e. The lowest BCUT2D eigenvalue weighted by Gasteiger charge is -2.20. The lowest BCUT2D eigenvalue weighted by Crippen LogP contribution is -2.35. The molecular formula is C15H21N3S. The molecule has 0 fully saturated rings. The highest BCUT2D eigenvalue weighted by Gasteiger charge is 2.08. The average Bonchev–Trinajstić information content (AvgIpc) is 2.73. The molecule has 2 rings (SSSR count). The summed E-state index contributed by atoms with van der Waals surface area (Å²) in [6, 6.07) is 8.68. The Hall–Kier alpha value is -1.26. The fraction of sp³-hybridized carbons (Fsp3) is 0.400. The normalized spacial score (nSPS) is 11.8. The van der Waals surface area contributed by atoms with Crippen molar-refractivity contribution in [2.24, 2.45) is 7.05 Å². The van der Waals surface area contributed by atoms with Gasteiger partial charge in [-0.1, -0.05) is 23.9 Å².